The first-order chi connectivity index (χ1) is 36.1. The van der Waals surface area contributed by atoms with Gasteiger partial charge in [0.05, 0.1) is 97.4 Å². The van der Waals surface area contributed by atoms with E-state index in [1.54, 1.807) is 60.7 Å². The molecule has 0 aromatic heterocycles. The van der Waals surface area contributed by atoms with Gasteiger partial charge in [0, 0.05) is 0 Å². The molecule has 0 N–H and O–H groups in total. The van der Waals surface area contributed by atoms with Gasteiger partial charge in [-0.05, 0) is 97.1 Å². The van der Waals surface area contributed by atoms with Crippen molar-refractivity contribution in [2.24, 2.45) is 0 Å². The number of rotatable bonds is 32. The minimum atomic E-state index is -0.650. The van der Waals surface area contributed by atoms with Crippen LogP contribution in [0.2, 0.25) is 0 Å². The lowest BCUT2D eigenvalue weighted by molar-refractivity contribution is 0.0138. The predicted octanol–water partition coefficient (Wildman–Crippen LogP) is 5.81. The number of hydrogen-bond donors (Lipinski definition) is 0. The summed E-state index contributed by atoms with van der Waals surface area (Å²) in [6.07, 6.45) is 0. The van der Waals surface area contributed by atoms with Crippen LogP contribution in [0.25, 0.3) is 0 Å². The molecule has 0 amide bonds. The van der Waals surface area contributed by atoms with Gasteiger partial charge in [0.2, 0.25) is 0 Å². The molecule has 0 atom stereocenters. The standard InChI is InChI=1S/C54H54O20/c55-47(39-7-3-1-4-8-39)67-31-23-63-25-33-69-49(57)41-11-15-43(16-12-41)51(59)71-35-27-65-29-37-73-53(61)45-19-21-46(22-20-45)54(62)74-38-30-66-28-36-72-52(60)44-17-13-42(14-18-44)50(58)70-34-26-64-24-32-68-48(56)40-9-5-2-6-10-40/h1-22H,23-38H2. The molecular formula is C54H54O20. The quantitative estimate of drug-likeness (QED) is 0.0280. The zero-order chi connectivity index (χ0) is 52.6. The van der Waals surface area contributed by atoms with Crippen LogP contribution in [0.1, 0.15) is 82.9 Å². The zero-order valence-electron chi connectivity index (χ0n) is 40.2. The van der Waals surface area contributed by atoms with Crippen LogP contribution in [0.5, 0.6) is 0 Å². The minimum Gasteiger partial charge on any atom is -0.460 e. The summed E-state index contributed by atoms with van der Waals surface area (Å²) in [5, 5.41) is 0. The van der Waals surface area contributed by atoms with Crippen molar-refractivity contribution in [1.29, 1.82) is 0 Å². The van der Waals surface area contributed by atoms with E-state index in [0.717, 1.165) is 0 Å². The molecule has 20 heteroatoms. The highest BCUT2D eigenvalue weighted by atomic mass is 16.6. The smallest absolute Gasteiger partial charge is 0.338 e. The molecule has 0 aliphatic carbocycles. The molecule has 0 aliphatic rings. The normalized spacial score (nSPS) is 10.6. The highest BCUT2D eigenvalue weighted by Gasteiger charge is 2.15. The minimum absolute atomic E-state index is 0.0229. The third-order valence-electron chi connectivity index (χ3n) is 9.77. The SMILES string of the molecule is O=C(OCCOCCOC(=O)c1ccc(C(=O)OCCOCCOC(=O)c2ccc(C(=O)OCCOCCOC(=O)c3ccc(C(=O)OCCOCCOC(=O)c4ccccc4)cc3)cc2)cc1)c1ccccc1. The number of benzene rings is 5. The molecule has 0 spiro atoms. The van der Waals surface area contributed by atoms with Crippen LogP contribution in [0.4, 0.5) is 0 Å². The fraction of sp³-hybridized carbons (Fsp3) is 0.296. The number of carbonyl (C=O) groups excluding carboxylic acids is 8. The van der Waals surface area contributed by atoms with Gasteiger partial charge in [-0.3, -0.25) is 0 Å². The molecule has 390 valence electrons. The molecule has 0 saturated carbocycles. The van der Waals surface area contributed by atoms with Crippen molar-refractivity contribution in [3.63, 3.8) is 0 Å². The molecule has 5 aromatic carbocycles. The second-order valence-electron chi connectivity index (χ2n) is 15.0. The fourth-order valence-corrected chi connectivity index (χ4v) is 6.00. The average molecular weight is 1020 g/mol. The second-order valence-corrected chi connectivity index (χ2v) is 15.0. The largest absolute Gasteiger partial charge is 0.460 e. The summed E-state index contributed by atoms with van der Waals surface area (Å²) in [4.78, 5) is 98.2. The van der Waals surface area contributed by atoms with Crippen LogP contribution >= 0.6 is 0 Å². The summed E-state index contributed by atoms with van der Waals surface area (Å²) in [5.74, 6) is -4.72. The van der Waals surface area contributed by atoms with Crippen molar-refractivity contribution in [1.82, 2.24) is 0 Å². The first kappa shape index (κ1) is 56.6. The average Bonchev–Trinajstić information content (AvgIpc) is 3.44. The summed E-state index contributed by atoms with van der Waals surface area (Å²) in [7, 11) is 0. The molecule has 20 nitrogen and oxygen atoms in total. The van der Waals surface area contributed by atoms with Gasteiger partial charge in [-0.15, -0.1) is 0 Å². The van der Waals surface area contributed by atoms with Gasteiger partial charge in [-0.25, -0.2) is 38.4 Å². The highest BCUT2D eigenvalue weighted by molar-refractivity contribution is 5.95. The van der Waals surface area contributed by atoms with E-state index in [1.807, 2.05) is 0 Å². The van der Waals surface area contributed by atoms with Gasteiger partial charge in [-0.1, -0.05) is 36.4 Å². The molecule has 0 fully saturated rings. The maximum absolute atomic E-state index is 12.5. The van der Waals surface area contributed by atoms with Crippen LogP contribution in [-0.2, 0) is 56.8 Å². The maximum Gasteiger partial charge on any atom is 0.338 e. The Kier molecular flexibility index (Phi) is 25.0. The predicted molar refractivity (Wildman–Crippen MR) is 258 cm³/mol. The third kappa shape index (κ3) is 20.8. The molecular weight excluding hydrogens is 969 g/mol. The summed E-state index contributed by atoms with van der Waals surface area (Å²) in [6.45, 7) is 0.247. The van der Waals surface area contributed by atoms with E-state index >= 15 is 0 Å². The zero-order valence-corrected chi connectivity index (χ0v) is 40.2. The van der Waals surface area contributed by atoms with E-state index in [0.29, 0.717) is 11.1 Å². The van der Waals surface area contributed by atoms with E-state index in [9.17, 15) is 38.4 Å². The van der Waals surface area contributed by atoms with Gasteiger partial charge in [0.25, 0.3) is 0 Å². The Balaban J connectivity index is 0.819. The topological polar surface area (TPSA) is 247 Å². The summed E-state index contributed by atoms with van der Waals surface area (Å²) in [6, 6.07) is 34.1. The van der Waals surface area contributed by atoms with Gasteiger partial charge in [0.1, 0.15) is 52.9 Å². The van der Waals surface area contributed by atoms with Crippen molar-refractivity contribution in [3.8, 4) is 0 Å². The summed E-state index contributed by atoms with van der Waals surface area (Å²) < 4.78 is 62.8. The van der Waals surface area contributed by atoms with Gasteiger partial charge in [-0.2, -0.15) is 0 Å². The Morgan fingerprint density at radius 2 is 0.324 bits per heavy atom. The third-order valence-corrected chi connectivity index (χ3v) is 9.77. The fourth-order valence-electron chi connectivity index (χ4n) is 6.00. The Morgan fingerprint density at radius 3 is 0.473 bits per heavy atom. The Morgan fingerprint density at radius 1 is 0.189 bits per heavy atom. The number of ether oxygens (including phenoxy) is 12. The van der Waals surface area contributed by atoms with Crippen LogP contribution in [0.3, 0.4) is 0 Å². The maximum atomic E-state index is 12.5. The number of carbonyl (C=O) groups is 8. The highest BCUT2D eigenvalue weighted by Crippen LogP contribution is 2.11. The van der Waals surface area contributed by atoms with E-state index < -0.39 is 47.8 Å². The van der Waals surface area contributed by atoms with Crippen LogP contribution < -0.4 is 0 Å². The van der Waals surface area contributed by atoms with E-state index in [-0.39, 0.29) is 139 Å². The first-order valence-corrected chi connectivity index (χ1v) is 23.2. The van der Waals surface area contributed by atoms with E-state index in [2.05, 4.69) is 0 Å². The lowest BCUT2D eigenvalue weighted by Gasteiger charge is -2.09. The van der Waals surface area contributed by atoms with Gasteiger partial charge >= 0.3 is 47.8 Å². The lowest BCUT2D eigenvalue weighted by Crippen LogP contribution is -2.16. The molecule has 74 heavy (non-hydrogen) atoms. The van der Waals surface area contributed by atoms with Crippen molar-refractivity contribution in [2.75, 3.05) is 106 Å². The molecule has 0 aliphatic heterocycles. The second kappa shape index (κ2) is 32.6. The molecule has 0 radical (unpaired) electrons. The molecule has 5 rings (SSSR count). The molecule has 0 unspecified atom stereocenters. The Bertz CT molecular complexity index is 2370. The summed E-state index contributed by atoms with van der Waals surface area (Å²) in [5.41, 5.74) is 2.09. The Labute approximate surface area is 425 Å². The molecule has 0 heterocycles. The molecule has 0 bridgehead atoms. The number of esters is 8. The van der Waals surface area contributed by atoms with Crippen LogP contribution in [0.15, 0.2) is 133 Å². The van der Waals surface area contributed by atoms with E-state index in [1.165, 1.54) is 72.8 Å². The molecule has 5 aromatic rings. The number of hydrogen-bond acceptors (Lipinski definition) is 20. The van der Waals surface area contributed by atoms with Crippen molar-refractivity contribution < 1.29 is 95.2 Å². The van der Waals surface area contributed by atoms with Crippen LogP contribution in [0, 0.1) is 0 Å². The lowest BCUT2D eigenvalue weighted by atomic mass is 10.1. The van der Waals surface area contributed by atoms with Crippen molar-refractivity contribution >= 4 is 47.8 Å². The van der Waals surface area contributed by atoms with Crippen molar-refractivity contribution in [2.45, 2.75) is 0 Å². The summed E-state index contributed by atoms with van der Waals surface area (Å²) >= 11 is 0. The van der Waals surface area contributed by atoms with Gasteiger partial charge < -0.3 is 56.8 Å². The van der Waals surface area contributed by atoms with Crippen LogP contribution in [-0.4, -0.2) is 153 Å². The Hall–Kier alpha value is -8.30. The van der Waals surface area contributed by atoms with Gasteiger partial charge in [0.15, 0.2) is 0 Å². The van der Waals surface area contributed by atoms with Crippen molar-refractivity contribution in [3.05, 3.63) is 178 Å². The first-order valence-electron chi connectivity index (χ1n) is 23.2. The van der Waals surface area contributed by atoms with E-state index in [4.69, 9.17) is 56.8 Å². The monoisotopic (exact) mass is 1020 g/mol. The molecule has 0 saturated heterocycles.